The summed E-state index contributed by atoms with van der Waals surface area (Å²) in [5.41, 5.74) is 7.04. The van der Waals surface area contributed by atoms with E-state index in [1.54, 1.807) is 69.3 Å². The predicted molar refractivity (Wildman–Crippen MR) is 113 cm³/mol. The lowest BCUT2D eigenvalue weighted by Crippen LogP contribution is -2.46. The van der Waals surface area contributed by atoms with Gasteiger partial charge >= 0.3 is 6.09 Å². The number of ether oxygens (including phenoxy) is 1. The van der Waals surface area contributed by atoms with Crippen molar-refractivity contribution in [2.24, 2.45) is 5.73 Å². The minimum absolute atomic E-state index is 0.103. The highest BCUT2D eigenvalue weighted by molar-refractivity contribution is 6.09. The molecule has 1 heterocycles. The van der Waals surface area contributed by atoms with E-state index in [0.717, 1.165) is 0 Å². The molecule has 0 bridgehead atoms. The van der Waals surface area contributed by atoms with Crippen LogP contribution in [0.2, 0.25) is 0 Å². The molecular weight excluding hydrogens is 382 g/mol. The molecule has 2 atom stereocenters. The van der Waals surface area contributed by atoms with Crippen LogP contribution in [-0.4, -0.2) is 53.5 Å². The first-order valence-electron chi connectivity index (χ1n) is 9.88. The fourth-order valence-corrected chi connectivity index (χ4v) is 3.24. The second-order valence-electron chi connectivity index (χ2n) is 8.40. The monoisotopic (exact) mass is 409 g/mol. The van der Waals surface area contributed by atoms with Gasteiger partial charge in [0, 0.05) is 35.8 Å². The van der Waals surface area contributed by atoms with Gasteiger partial charge in [0.1, 0.15) is 5.60 Å². The lowest BCUT2D eigenvalue weighted by atomic mass is 10.0. The van der Waals surface area contributed by atoms with Gasteiger partial charge in [-0.15, -0.1) is 0 Å². The second kappa shape index (κ2) is 8.67. The fourth-order valence-electron chi connectivity index (χ4n) is 3.24. The Morgan fingerprint density at radius 3 is 2.10 bits per heavy atom. The summed E-state index contributed by atoms with van der Waals surface area (Å²) in [5.74, 6) is -0.409. The number of hydrogen-bond acceptors (Lipinski definition) is 5. The molecule has 0 aromatic heterocycles. The third-order valence-corrected chi connectivity index (χ3v) is 4.78. The van der Waals surface area contributed by atoms with Crippen molar-refractivity contribution in [2.75, 3.05) is 13.1 Å². The third kappa shape index (κ3) is 5.24. The van der Waals surface area contributed by atoms with Crippen molar-refractivity contribution in [2.45, 2.75) is 38.5 Å². The SMILES string of the molecule is CC(C)(C)OC(=O)N1C[C@@H](N)[C@H](NC(=O)c2ccc(C(=O)c3ccccc3)cc2)C1. The minimum atomic E-state index is -0.596. The molecule has 3 N–H and O–H groups in total. The zero-order valence-corrected chi connectivity index (χ0v) is 17.4. The van der Waals surface area contributed by atoms with Crippen LogP contribution in [-0.2, 0) is 4.74 Å². The van der Waals surface area contributed by atoms with E-state index in [9.17, 15) is 14.4 Å². The summed E-state index contributed by atoms with van der Waals surface area (Å²) in [6.45, 7) is 5.99. The van der Waals surface area contributed by atoms with Gasteiger partial charge in [0.05, 0.1) is 6.04 Å². The van der Waals surface area contributed by atoms with Crippen LogP contribution in [0.25, 0.3) is 0 Å². The summed E-state index contributed by atoms with van der Waals surface area (Å²) >= 11 is 0. The molecule has 30 heavy (non-hydrogen) atoms. The average Bonchev–Trinajstić information content (AvgIpc) is 3.07. The van der Waals surface area contributed by atoms with Crippen molar-refractivity contribution in [1.82, 2.24) is 10.2 Å². The van der Waals surface area contributed by atoms with Crippen molar-refractivity contribution in [1.29, 1.82) is 0 Å². The van der Waals surface area contributed by atoms with Crippen LogP contribution in [0.1, 0.15) is 47.1 Å². The summed E-state index contributed by atoms with van der Waals surface area (Å²) in [4.78, 5) is 38.8. The molecule has 1 aliphatic rings. The molecular formula is C23H27N3O4. The molecule has 7 heteroatoms. The lowest BCUT2D eigenvalue weighted by Gasteiger charge is -2.24. The van der Waals surface area contributed by atoms with Gasteiger partial charge in [-0.25, -0.2) is 4.79 Å². The molecule has 158 valence electrons. The Bertz CT molecular complexity index is 920. The smallest absolute Gasteiger partial charge is 0.410 e. The third-order valence-electron chi connectivity index (χ3n) is 4.78. The molecule has 3 rings (SSSR count). The minimum Gasteiger partial charge on any atom is -0.444 e. The van der Waals surface area contributed by atoms with Crippen molar-refractivity contribution in [3.05, 3.63) is 71.3 Å². The van der Waals surface area contributed by atoms with Crippen molar-refractivity contribution in [3.63, 3.8) is 0 Å². The predicted octanol–water partition coefficient (Wildman–Crippen LogP) is 2.59. The summed E-state index contributed by atoms with van der Waals surface area (Å²) in [6.07, 6.45) is -0.446. The molecule has 0 spiro atoms. The van der Waals surface area contributed by atoms with E-state index in [0.29, 0.717) is 23.2 Å². The molecule has 7 nitrogen and oxygen atoms in total. The maximum Gasteiger partial charge on any atom is 0.410 e. The average molecular weight is 409 g/mol. The van der Waals surface area contributed by atoms with Crippen LogP contribution in [0.4, 0.5) is 4.79 Å². The van der Waals surface area contributed by atoms with E-state index in [4.69, 9.17) is 10.5 Å². The number of benzene rings is 2. The zero-order chi connectivity index (χ0) is 21.9. The summed E-state index contributed by atoms with van der Waals surface area (Å²) in [7, 11) is 0. The summed E-state index contributed by atoms with van der Waals surface area (Å²) in [5, 5.41) is 2.87. The first-order chi connectivity index (χ1) is 14.1. The number of nitrogens with two attached hydrogens (primary N) is 1. The number of nitrogens with one attached hydrogen (secondary N) is 1. The number of nitrogens with zero attached hydrogens (tertiary/aromatic N) is 1. The van der Waals surface area contributed by atoms with E-state index in [2.05, 4.69) is 5.32 Å². The normalized spacial score (nSPS) is 18.7. The Balaban J connectivity index is 1.61. The largest absolute Gasteiger partial charge is 0.444 e. The van der Waals surface area contributed by atoms with Gasteiger partial charge in [-0.2, -0.15) is 0 Å². The first-order valence-corrected chi connectivity index (χ1v) is 9.88. The van der Waals surface area contributed by atoms with Crippen LogP contribution in [0.5, 0.6) is 0 Å². The van der Waals surface area contributed by atoms with E-state index < -0.39 is 11.7 Å². The standard InChI is InChI=1S/C23H27N3O4/c1-23(2,3)30-22(29)26-13-18(24)19(14-26)25-21(28)17-11-9-16(10-12-17)20(27)15-7-5-4-6-8-15/h4-12,18-19H,13-14,24H2,1-3H3,(H,25,28)/t18-,19-/m1/s1. The van der Waals surface area contributed by atoms with Gasteiger partial charge in [-0.3, -0.25) is 9.59 Å². The molecule has 1 aliphatic heterocycles. The molecule has 0 unspecified atom stereocenters. The van der Waals surface area contributed by atoms with Gasteiger partial charge in [0.25, 0.3) is 5.91 Å². The van der Waals surface area contributed by atoms with E-state index in [-0.39, 0.29) is 30.3 Å². The Morgan fingerprint density at radius 1 is 0.933 bits per heavy atom. The van der Waals surface area contributed by atoms with E-state index in [1.165, 1.54) is 4.90 Å². The Morgan fingerprint density at radius 2 is 1.50 bits per heavy atom. The number of rotatable bonds is 4. The van der Waals surface area contributed by atoms with Crippen LogP contribution in [0.3, 0.4) is 0 Å². The van der Waals surface area contributed by atoms with Crippen molar-refractivity contribution < 1.29 is 19.1 Å². The topological polar surface area (TPSA) is 102 Å². The molecule has 1 saturated heterocycles. The Hall–Kier alpha value is -3.19. The van der Waals surface area contributed by atoms with Gasteiger partial charge < -0.3 is 20.7 Å². The van der Waals surface area contributed by atoms with Crippen LogP contribution >= 0.6 is 0 Å². The number of likely N-dealkylation sites (tertiary alicyclic amines) is 1. The highest BCUT2D eigenvalue weighted by atomic mass is 16.6. The molecule has 2 aromatic carbocycles. The quantitative estimate of drug-likeness (QED) is 0.756. The van der Waals surface area contributed by atoms with Crippen molar-refractivity contribution in [3.8, 4) is 0 Å². The highest BCUT2D eigenvalue weighted by Crippen LogP contribution is 2.16. The Kier molecular flexibility index (Phi) is 6.22. The van der Waals surface area contributed by atoms with Gasteiger partial charge in [-0.05, 0) is 32.9 Å². The maximum atomic E-state index is 12.6. The number of amides is 2. The van der Waals surface area contributed by atoms with E-state index in [1.807, 2.05) is 6.07 Å². The summed E-state index contributed by atoms with van der Waals surface area (Å²) in [6, 6.07) is 14.7. The van der Waals surface area contributed by atoms with E-state index >= 15 is 0 Å². The van der Waals surface area contributed by atoms with Gasteiger partial charge in [0.2, 0.25) is 0 Å². The fraction of sp³-hybridized carbons (Fsp3) is 0.348. The molecule has 0 saturated carbocycles. The first kappa shape index (κ1) is 21.5. The van der Waals surface area contributed by atoms with Crippen LogP contribution in [0.15, 0.2) is 54.6 Å². The van der Waals surface area contributed by atoms with Crippen LogP contribution in [0, 0.1) is 0 Å². The summed E-state index contributed by atoms with van der Waals surface area (Å²) < 4.78 is 5.37. The zero-order valence-electron chi connectivity index (χ0n) is 17.4. The number of ketones is 1. The highest BCUT2D eigenvalue weighted by Gasteiger charge is 2.36. The van der Waals surface area contributed by atoms with Crippen LogP contribution < -0.4 is 11.1 Å². The number of carbonyl (C=O) groups excluding carboxylic acids is 3. The second-order valence-corrected chi connectivity index (χ2v) is 8.40. The van der Waals surface area contributed by atoms with Crippen molar-refractivity contribution >= 4 is 17.8 Å². The maximum absolute atomic E-state index is 12.6. The molecule has 0 aliphatic carbocycles. The molecule has 2 aromatic rings. The Labute approximate surface area is 176 Å². The number of carbonyl (C=O) groups is 3. The van der Waals surface area contributed by atoms with Gasteiger partial charge in [0.15, 0.2) is 5.78 Å². The number of hydrogen-bond donors (Lipinski definition) is 2. The lowest BCUT2D eigenvalue weighted by molar-refractivity contribution is 0.0288. The molecule has 2 amide bonds. The molecule has 0 radical (unpaired) electrons. The van der Waals surface area contributed by atoms with Gasteiger partial charge in [-0.1, -0.05) is 42.5 Å². The molecule has 1 fully saturated rings.